The van der Waals surface area contributed by atoms with Gasteiger partial charge in [-0.1, -0.05) is 46.6 Å². The number of ether oxygens (including phenoxy) is 2. The fourth-order valence-electron chi connectivity index (χ4n) is 6.26. The fraction of sp³-hybridized carbons (Fsp3) is 0.464. The molecule has 7 atom stereocenters. The summed E-state index contributed by atoms with van der Waals surface area (Å²) in [6.07, 6.45) is 0.180. The monoisotopic (exact) mass is 619 g/mol. The number of nitrogens with one attached hydrogen (secondary N) is 2. The minimum absolute atomic E-state index is 0.248. The van der Waals surface area contributed by atoms with Gasteiger partial charge in [-0.15, -0.1) is 0 Å². The van der Waals surface area contributed by atoms with Crippen LogP contribution < -0.4 is 15.4 Å². The number of aliphatic hydroxyl groups is 1. The Morgan fingerprint density at radius 2 is 1.90 bits per heavy atom. The predicted molar refractivity (Wildman–Crippen MR) is 150 cm³/mol. The van der Waals surface area contributed by atoms with Crippen molar-refractivity contribution in [3.63, 3.8) is 0 Å². The Hall–Kier alpha value is -2.66. The average molecular weight is 621 g/mol. The van der Waals surface area contributed by atoms with Gasteiger partial charge in [0.1, 0.15) is 17.4 Å². The van der Waals surface area contributed by atoms with Gasteiger partial charge in [-0.25, -0.2) is 0 Å². The van der Waals surface area contributed by atoms with Crippen molar-refractivity contribution in [1.29, 1.82) is 0 Å². The summed E-state index contributed by atoms with van der Waals surface area (Å²) in [7, 11) is 0. The van der Waals surface area contributed by atoms with Gasteiger partial charge in [-0.2, -0.15) is 0 Å². The lowest BCUT2D eigenvalue weighted by molar-refractivity contribution is -0.143. The Morgan fingerprint density at radius 3 is 2.54 bits per heavy atom. The molecule has 3 heterocycles. The molecule has 3 saturated heterocycles. The number of hydrogen-bond acceptors (Lipinski definition) is 6. The van der Waals surface area contributed by atoms with Gasteiger partial charge in [0.25, 0.3) is 0 Å². The number of anilines is 2. The number of carbonyl (C=O) groups excluding carboxylic acids is 3. The lowest BCUT2D eigenvalue weighted by Crippen LogP contribution is -2.56. The van der Waals surface area contributed by atoms with Crippen molar-refractivity contribution in [2.75, 3.05) is 23.8 Å². The van der Waals surface area contributed by atoms with Crippen LogP contribution in [0.2, 0.25) is 5.02 Å². The van der Waals surface area contributed by atoms with Crippen molar-refractivity contribution < 1.29 is 29.0 Å². The maximum absolute atomic E-state index is 14.1. The van der Waals surface area contributed by atoms with Crippen molar-refractivity contribution in [2.24, 2.45) is 11.8 Å². The zero-order valence-corrected chi connectivity index (χ0v) is 23.9. The molecule has 3 aliphatic rings. The first-order valence-electron chi connectivity index (χ1n) is 13.1. The second-order valence-electron chi connectivity index (χ2n) is 10.1. The Kier molecular flexibility index (Phi) is 7.92. The summed E-state index contributed by atoms with van der Waals surface area (Å²) < 4.78 is 12.0. The highest BCUT2D eigenvalue weighted by molar-refractivity contribution is 9.09. The molecule has 0 saturated carbocycles. The van der Waals surface area contributed by atoms with Crippen LogP contribution in [0.25, 0.3) is 0 Å². The van der Waals surface area contributed by atoms with Crippen molar-refractivity contribution in [1.82, 2.24) is 4.90 Å². The summed E-state index contributed by atoms with van der Waals surface area (Å²) in [6, 6.07) is 12.1. The van der Waals surface area contributed by atoms with Crippen molar-refractivity contribution in [2.45, 2.75) is 55.3 Å². The standard InChI is InChI=1S/C28H31BrClN3O6/c1-3-16(14-34)33-24(26(36)32-20-8-6-5-7-19(20)30)28-13-18(29)23(39-28)21(22(28)27(33)37)25(35)31-15-9-11-17(12-10-15)38-4-2/h5-12,16,18,21-24,34H,3-4,13-14H2,1-2H3,(H,31,35)(H,32,36)/t16-,18?,21+,22-,23+,24?,28?/m0/s1. The van der Waals surface area contributed by atoms with Crippen LogP contribution in [-0.2, 0) is 19.1 Å². The van der Waals surface area contributed by atoms with E-state index in [1.54, 1.807) is 48.5 Å². The van der Waals surface area contributed by atoms with Crippen LogP contribution in [0, 0.1) is 11.8 Å². The number of aliphatic hydroxyl groups excluding tert-OH is 1. The number of benzene rings is 2. The Balaban J connectivity index is 1.49. The van der Waals surface area contributed by atoms with Crippen LogP contribution in [0.3, 0.4) is 0 Å². The quantitative estimate of drug-likeness (QED) is 0.367. The van der Waals surface area contributed by atoms with Crippen LogP contribution >= 0.6 is 27.5 Å². The number of amides is 3. The SMILES string of the molecule is CCOc1ccc(NC(=O)[C@H]2[C@@H]3OC4(CC3Br)C(C(=O)Nc3ccccc3Cl)N([C@@H](CC)CO)C(=O)[C@H]24)cc1. The molecule has 0 aliphatic carbocycles. The summed E-state index contributed by atoms with van der Waals surface area (Å²) in [4.78, 5) is 42.8. The topological polar surface area (TPSA) is 117 Å². The molecule has 3 aliphatic heterocycles. The molecule has 3 fully saturated rings. The minimum Gasteiger partial charge on any atom is -0.494 e. The normalized spacial score (nSPS) is 29.7. The third-order valence-corrected chi connectivity index (χ3v) is 9.09. The molecular weight excluding hydrogens is 590 g/mol. The van der Waals surface area contributed by atoms with E-state index in [0.717, 1.165) is 0 Å². The highest BCUT2D eigenvalue weighted by Crippen LogP contribution is 2.60. The number of halogens is 2. The van der Waals surface area contributed by atoms with E-state index in [1.807, 2.05) is 13.8 Å². The van der Waals surface area contributed by atoms with Gasteiger partial charge >= 0.3 is 0 Å². The summed E-state index contributed by atoms with van der Waals surface area (Å²) in [6.45, 7) is 3.93. The van der Waals surface area contributed by atoms with Crippen molar-refractivity contribution in [3.8, 4) is 5.75 Å². The molecular formula is C28H31BrClN3O6. The lowest BCUT2D eigenvalue weighted by Gasteiger charge is -2.36. The maximum atomic E-state index is 14.1. The number of fused-ring (bicyclic) bond motifs is 1. The highest BCUT2D eigenvalue weighted by atomic mass is 79.9. The molecule has 2 bridgehead atoms. The van der Waals surface area contributed by atoms with Gasteiger partial charge in [0, 0.05) is 10.5 Å². The smallest absolute Gasteiger partial charge is 0.250 e. The fourth-order valence-corrected chi connectivity index (χ4v) is 7.39. The summed E-state index contributed by atoms with van der Waals surface area (Å²) in [5.41, 5.74) is -0.283. The predicted octanol–water partition coefficient (Wildman–Crippen LogP) is 3.83. The Labute approximate surface area is 240 Å². The number of carbonyl (C=O) groups is 3. The molecule has 0 aromatic heterocycles. The summed E-state index contributed by atoms with van der Waals surface area (Å²) >= 11 is 9.96. The van der Waals surface area contributed by atoms with Gasteiger partial charge in [0.2, 0.25) is 17.7 Å². The van der Waals surface area contributed by atoms with Gasteiger partial charge in [0.15, 0.2) is 0 Å². The van der Waals surface area contributed by atoms with Crippen molar-refractivity contribution >= 4 is 56.6 Å². The third kappa shape index (κ3) is 4.71. The van der Waals surface area contributed by atoms with E-state index in [9.17, 15) is 19.5 Å². The molecule has 5 rings (SSSR count). The first-order valence-corrected chi connectivity index (χ1v) is 14.4. The molecule has 3 unspecified atom stereocenters. The van der Waals surface area contributed by atoms with Crippen molar-refractivity contribution in [3.05, 3.63) is 53.6 Å². The molecule has 2 aromatic rings. The largest absolute Gasteiger partial charge is 0.494 e. The van der Waals surface area contributed by atoms with E-state index in [4.69, 9.17) is 21.1 Å². The second kappa shape index (κ2) is 11.1. The average Bonchev–Trinajstić information content (AvgIpc) is 3.51. The molecule has 0 radical (unpaired) electrons. The molecule has 11 heteroatoms. The van der Waals surface area contributed by atoms with E-state index < -0.39 is 41.5 Å². The first kappa shape index (κ1) is 27.9. The van der Waals surface area contributed by atoms with Crippen LogP contribution in [0.4, 0.5) is 11.4 Å². The van der Waals surface area contributed by atoms with Crippen LogP contribution in [0.1, 0.15) is 26.7 Å². The van der Waals surface area contributed by atoms with Crippen LogP contribution in [0.5, 0.6) is 5.75 Å². The van der Waals surface area contributed by atoms with E-state index in [2.05, 4.69) is 26.6 Å². The number of alkyl halides is 1. The zero-order chi connectivity index (χ0) is 27.9. The van der Waals surface area contributed by atoms with E-state index >= 15 is 0 Å². The van der Waals surface area contributed by atoms with E-state index in [-0.39, 0.29) is 23.2 Å². The highest BCUT2D eigenvalue weighted by Gasteiger charge is 2.77. The number of para-hydroxylation sites is 1. The molecule has 39 heavy (non-hydrogen) atoms. The molecule has 3 N–H and O–H groups in total. The third-order valence-electron chi connectivity index (χ3n) is 7.92. The van der Waals surface area contributed by atoms with Gasteiger partial charge in [0.05, 0.1) is 47.9 Å². The van der Waals surface area contributed by atoms with Crippen LogP contribution in [-0.4, -0.2) is 69.6 Å². The second-order valence-corrected chi connectivity index (χ2v) is 11.7. The Bertz CT molecular complexity index is 1260. The first-order chi connectivity index (χ1) is 18.7. The van der Waals surface area contributed by atoms with Crippen LogP contribution in [0.15, 0.2) is 48.5 Å². The Morgan fingerprint density at radius 1 is 1.18 bits per heavy atom. The minimum atomic E-state index is -1.25. The molecule has 208 valence electrons. The molecule has 3 amide bonds. The van der Waals surface area contributed by atoms with Gasteiger partial charge in [-0.05, 0) is 56.2 Å². The molecule has 1 spiro atoms. The lowest BCUT2D eigenvalue weighted by atomic mass is 9.70. The summed E-state index contributed by atoms with van der Waals surface area (Å²) in [5, 5.41) is 16.3. The molecule has 9 nitrogen and oxygen atoms in total. The van der Waals surface area contributed by atoms with Gasteiger partial charge in [-0.3, -0.25) is 14.4 Å². The van der Waals surface area contributed by atoms with E-state index in [0.29, 0.717) is 41.6 Å². The van der Waals surface area contributed by atoms with Gasteiger partial charge < -0.3 is 30.1 Å². The number of rotatable bonds is 9. The zero-order valence-electron chi connectivity index (χ0n) is 21.6. The number of likely N-dealkylation sites (tertiary alicyclic amines) is 1. The number of hydrogen-bond donors (Lipinski definition) is 3. The molecule has 2 aromatic carbocycles. The maximum Gasteiger partial charge on any atom is 0.250 e. The van der Waals surface area contributed by atoms with E-state index in [1.165, 1.54) is 4.90 Å². The number of nitrogens with zero attached hydrogens (tertiary/aromatic N) is 1. The summed E-state index contributed by atoms with van der Waals surface area (Å²) in [5.74, 6) is -2.25.